The van der Waals surface area contributed by atoms with Crippen molar-refractivity contribution in [3.8, 4) is 0 Å². The minimum atomic E-state index is -0.291. The summed E-state index contributed by atoms with van der Waals surface area (Å²) in [6.07, 6.45) is 3.63. The molecule has 0 bridgehead atoms. The van der Waals surface area contributed by atoms with Crippen molar-refractivity contribution in [1.82, 2.24) is 30.4 Å². The SMILES string of the molecule is CCC(=O)NNC(=O)CSc1nnc2c3c4c(sc3nc(C(C)C)n12)C[C@H](C)CC4. The highest BCUT2D eigenvalue weighted by atomic mass is 32.2. The molecule has 1 aliphatic rings. The lowest BCUT2D eigenvalue weighted by Crippen LogP contribution is -2.42. The number of amides is 2. The maximum absolute atomic E-state index is 12.1. The third kappa shape index (κ3) is 3.90. The molecule has 2 N–H and O–H groups in total. The maximum Gasteiger partial charge on any atom is 0.248 e. The summed E-state index contributed by atoms with van der Waals surface area (Å²) in [5.41, 5.74) is 7.00. The second-order valence-corrected chi connectivity index (χ2v) is 10.1. The topological polar surface area (TPSA) is 101 Å². The van der Waals surface area contributed by atoms with Gasteiger partial charge < -0.3 is 0 Å². The molecule has 0 unspecified atom stereocenters. The highest BCUT2D eigenvalue weighted by Gasteiger charge is 2.26. The van der Waals surface area contributed by atoms with Crippen LogP contribution in [0.1, 0.15) is 62.7 Å². The highest BCUT2D eigenvalue weighted by Crippen LogP contribution is 2.40. The van der Waals surface area contributed by atoms with Crippen LogP contribution >= 0.6 is 23.1 Å². The van der Waals surface area contributed by atoms with Crippen LogP contribution in [0.2, 0.25) is 0 Å². The Hall–Kier alpha value is -2.20. The summed E-state index contributed by atoms with van der Waals surface area (Å²) in [7, 11) is 0. The minimum absolute atomic E-state index is 0.125. The zero-order valence-corrected chi connectivity index (χ0v) is 19.2. The number of thioether (sulfide) groups is 1. The summed E-state index contributed by atoms with van der Waals surface area (Å²) in [5, 5.41) is 10.7. The molecule has 3 aromatic heterocycles. The molecule has 0 fully saturated rings. The van der Waals surface area contributed by atoms with Gasteiger partial charge in [-0.15, -0.1) is 21.5 Å². The van der Waals surface area contributed by atoms with Crippen molar-refractivity contribution in [3.63, 3.8) is 0 Å². The van der Waals surface area contributed by atoms with Crippen molar-refractivity contribution < 1.29 is 9.59 Å². The number of thiophene rings is 1. The molecule has 160 valence electrons. The molecule has 30 heavy (non-hydrogen) atoms. The van der Waals surface area contributed by atoms with E-state index in [-0.39, 0.29) is 23.5 Å². The number of carbonyl (C=O) groups is 2. The molecule has 2 amide bonds. The van der Waals surface area contributed by atoms with Crippen LogP contribution in [0, 0.1) is 5.92 Å². The van der Waals surface area contributed by atoms with E-state index in [4.69, 9.17) is 4.98 Å². The van der Waals surface area contributed by atoms with Gasteiger partial charge in [0.1, 0.15) is 10.7 Å². The predicted octanol–water partition coefficient (Wildman–Crippen LogP) is 3.24. The molecule has 0 spiro atoms. The van der Waals surface area contributed by atoms with Gasteiger partial charge in [-0.1, -0.05) is 39.5 Å². The summed E-state index contributed by atoms with van der Waals surface area (Å²) in [5.74, 6) is 1.38. The monoisotopic (exact) mass is 446 g/mol. The number of fused-ring (bicyclic) bond motifs is 5. The first-order valence-corrected chi connectivity index (χ1v) is 12.1. The Morgan fingerprint density at radius 1 is 1.27 bits per heavy atom. The van der Waals surface area contributed by atoms with Gasteiger partial charge >= 0.3 is 0 Å². The molecule has 10 heteroatoms. The molecular weight excluding hydrogens is 420 g/mol. The van der Waals surface area contributed by atoms with Gasteiger partial charge in [0.25, 0.3) is 0 Å². The molecule has 1 atom stereocenters. The van der Waals surface area contributed by atoms with E-state index in [0.29, 0.717) is 17.5 Å². The Bertz CT molecular complexity index is 1120. The van der Waals surface area contributed by atoms with E-state index in [2.05, 4.69) is 41.8 Å². The second kappa shape index (κ2) is 8.50. The van der Waals surface area contributed by atoms with E-state index >= 15 is 0 Å². The van der Waals surface area contributed by atoms with E-state index in [1.165, 1.54) is 28.6 Å². The minimum Gasteiger partial charge on any atom is -0.273 e. The van der Waals surface area contributed by atoms with Gasteiger partial charge in [-0.2, -0.15) is 0 Å². The number of hydrazine groups is 1. The zero-order chi connectivity index (χ0) is 21.4. The van der Waals surface area contributed by atoms with Crippen LogP contribution in [0.3, 0.4) is 0 Å². The van der Waals surface area contributed by atoms with E-state index in [0.717, 1.165) is 34.5 Å². The first-order chi connectivity index (χ1) is 14.4. The van der Waals surface area contributed by atoms with Crippen LogP contribution in [0.25, 0.3) is 15.9 Å². The molecule has 0 radical (unpaired) electrons. The zero-order valence-electron chi connectivity index (χ0n) is 17.6. The van der Waals surface area contributed by atoms with Gasteiger partial charge in [0.15, 0.2) is 10.8 Å². The maximum atomic E-state index is 12.1. The Morgan fingerprint density at radius 2 is 2.03 bits per heavy atom. The van der Waals surface area contributed by atoms with Crippen molar-refractivity contribution >= 4 is 50.8 Å². The lowest BCUT2D eigenvalue weighted by atomic mass is 9.89. The number of nitrogens with zero attached hydrogens (tertiary/aromatic N) is 4. The van der Waals surface area contributed by atoms with Gasteiger partial charge in [-0.05, 0) is 30.7 Å². The van der Waals surface area contributed by atoms with Crippen molar-refractivity contribution in [2.75, 3.05) is 5.75 Å². The average molecular weight is 447 g/mol. The van der Waals surface area contributed by atoms with Gasteiger partial charge in [0.2, 0.25) is 11.8 Å². The predicted molar refractivity (Wildman–Crippen MR) is 119 cm³/mol. The third-order valence-corrected chi connectivity index (χ3v) is 7.38. The average Bonchev–Trinajstić information content (AvgIpc) is 3.29. The highest BCUT2D eigenvalue weighted by molar-refractivity contribution is 7.99. The number of aryl methyl sites for hydroxylation is 1. The first kappa shape index (κ1) is 21.0. The molecule has 4 rings (SSSR count). The number of rotatable bonds is 5. The molecule has 0 saturated carbocycles. The van der Waals surface area contributed by atoms with E-state index in [9.17, 15) is 9.59 Å². The summed E-state index contributed by atoms with van der Waals surface area (Å²) < 4.78 is 2.00. The molecule has 1 aliphatic carbocycles. The van der Waals surface area contributed by atoms with E-state index in [1.54, 1.807) is 18.3 Å². The van der Waals surface area contributed by atoms with E-state index < -0.39 is 0 Å². The van der Waals surface area contributed by atoms with E-state index in [1.807, 2.05) is 4.40 Å². The molecule has 3 aromatic rings. The number of carbonyl (C=O) groups excluding carboxylic acids is 2. The third-order valence-electron chi connectivity index (χ3n) is 5.31. The number of hydrogen-bond donors (Lipinski definition) is 2. The molecule has 0 aliphatic heterocycles. The van der Waals surface area contributed by atoms with Crippen LogP contribution in [0.5, 0.6) is 0 Å². The van der Waals surface area contributed by atoms with Gasteiger partial charge in [-0.3, -0.25) is 24.8 Å². The van der Waals surface area contributed by atoms with Gasteiger partial charge in [0, 0.05) is 17.2 Å². The largest absolute Gasteiger partial charge is 0.273 e. The van der Waals surface area contributed by atoms with Crippen molar-refractivity contribution in [1.29, 1.82) is 0 Å². The number of hydrogen-bond acceptors (Lipinski definition) is 7. The van der Waals surface area contributed by atoms with Crippen LogP contribution in [-0.2, 0) is 22.4 Å². The second-order valence-electron chi connectivity index (χ2n) is 8.04. The van der Waals surface area contributed by atoms with Crippen LogP contribution in [-0.4, -0.2) is 37.1 Å². The molecule has 0 saturated heterocycles. The summed E-state index contributed by atoms with van der Waals surface area (Å²) in [4.78, 5) is 30.9. The van der Waals surface area contributed by atoms with Crippen LogP contribution in [0.4, 0.5) is 0 Å². The normalized spacial score (nSPS) is 16.2. The van der Waals surface area contributed by atoms with Gasteiger partial charge in [0.05, 0.1) is 11.1 Å². The van der Waals surface area contributed by atoms with Gasteiger partial charge in [-0.25, -0.2) is 4.98 Å². The fraction of sp³-hybridized carbons (Fsp3) is 0.550. The summed E-state index contributed by atoms with van der Waals surface area (Å²) in [6.45, 7) is 8.23. The molecular formula is C20H26N6O2S2. The van der Waals surface area contributed by atoms with Crippen molar-refractivity contribution in [2.45, 2.75) is 64.5 Å². The lowest BCUT2D eigenvalue weighted by Gasteiger charge is -2.17. The quantitative estimate of drug-likeness (QED) is 0.461. The molecule has 3 heterocycles. The summed E-state index contributed by atoms with van der Waals surface area (Å²) >= 11 is 3.08. The first-order valence-electron chi connectivity index (χ1n) is 10.3. The smallest absolute Gasteiger partial charge is 0.248 e. The van der Waals surface area contributed by atoms with Crippen LogP contribution < -0.4 is 10.9 Å². The van der Waals surface area contributed by atoms with Crippen LogP contribution in [0.15, 0.2) is 5.16 Å². The fourth-order valence-corrected chi connectivity index (χ4v) is 5.84. The Balaban J connectivity index is 1.69. The Kier molecular flexibility index (Phi) is 5.97. The number of aromatic nitrogens is 4. The Morgan fingerprint density at radius 3 is 2.77 bits per heavy atom. The fourth-order valence-electron chi connectivity index (χ4n) is 3.71. The Labute approximate surface area is 183 Å². The lowest BCUT2D eigenvalue weighted by molar-refractivity contribution is -0.127. The summed E-state index contributed by atoms with van der Waals surface area (Å²) in [6, 6.07) is 0. The standard InChI is InChI=1S/C20H26N6O2S2/c1-5-14(27)22-23-15(28)9-29-20-25-24-18-16-12-7-6-11(4)8-13(12)30-19(16)21-17(10(2)3)26(18)20/h10-11H,5-9H2,1-4H3,(H,22,27)(H,23,28)/t11-/m1/s1. The number of nitrogens with one attached hydrogen (secondary N) is 2. The van der Waals surface area contributed by atoms with Crippen molar-refractivity contribution in [3.05, 3.63) is 16.3 Å². The molecule has 8 nitrogen and oxygen atoms in total. The molecule has 0 aromatic carbocycles. The van der Waals surface area contributed by atoms with Crippen molar-refractivity contribution in [2.24, 2.45) is 5.92 Å².